The van der Waals surface area contributed by atoms with Crippen molar-refractivity contribution in [2.24, 2.45) is 10.4 Å². The number of hydrogen-bond acceptors (Lipinski definition) is 3. The Morgan fingerprint density at radius 2 is 2.04 bits per heavy atom. The number of aliphatic imine (C=N–C) groups is 1. The first-order chi connectivity index (χ1) is 11.7. The van der Waals surface area contributed by atoms with E-state index in [-0.39, 0.29) is 29.7 Å². The summed E-state index contributed by atoms with van der Waals surface area (Å²) >= 11 is 0. The molecule has 2 aliphatic rings. The fourth-order valence-corrected chi connectivity index (χ4v) is 4.16. The standard InChI is InChI=1S/C19H29N3O2.HI/c1-20-18(21-13-15-12-16(24-2)6-7-17(15)23)22-11-10-19(14-22)8-4-3-5-9-19;/h6-7,12,23H,3-5,8-11,13-14H2,1-2H3,(H,20,21);1H. The molecule has 1 saturated heterocycles. The van der Waals surface area contributed by atoms with Gasteiger partial charge in [0.25, 0.3) is 0 Å². The lowest BCUT2D eigenvalue weighted by molar-refractivity contribution is 0.203. The number of phenolic OH excluding ortho intramolecular Hbond substituents is 1. The molecule has 2 N–H and O–H groups in total. The number of benzene rings is 1. The zero-order chi connectivity index (χ0) is 17.0. The maximum atomic E-state index is 10.0. The first-order valence-electron chi connectivity index (χ1n) is 8.97. The molecule has 1 aromatic carbocycles. The molecule has 0 bridgehead atoms. The van der Waals surface area contributed by atoms with Crippen LogP contribution >= 0.6 is 24.0 Å². The van der Waals surface area contributed by atoms with Crippen LogP contribution in [0.3, 0.4) is 0 Å². The minimum absolute atomic E-state index is 0. The number of likely N-dealkylation sites (tertiary alicyclic amines) is 1. The summed E-state index contributed by atoms with van der Waals surface area (Å²) in [6.45, 7) is 2.72. The Balaban J connectivity index is 0.00000225. The number of guanidine groups is 1. The monoisotopic (exact) mass is 459 g/mol. The van der Waals surface area contributed by atoms with Gasteiger partial charge in [0.15, 0.2) is 5.96 Å². The first-order valence-corrected chi connectivity index (χ1v) is 8.97. The molecule has 1 aromatic rings. The van der Waals surface area contributed by atoms with Crippen LogP contribution in [-0.2, 0) is 6.54 Å². The molecular weight excluding hydrogens is 429 g/mol. The maximum absolute atomic E-state index is 10.0. The second kappa shape index (κ2) is 8.96. The van der Waals surface area contributed by atoms with Crippen molar-refractivity contribution in [1.29, 1.82) is 0 Å². The van der Waals surface area contributed by atoms with Gasteiger partial charge in [-0.1, -0.05) is 19.3 Å². The number of phenols is 1. The van der Waals surface area contributed by atoms with E-state index in [0.717, 1.165) is 30.4 Å². The lowest BCUT2D eigenvalue weighted by Crippen LogP contribution is -2.41. The lowest BCUT2D eigenvalue weighted by atomic mass is 9.73. The second-order valence-electron chi connectivity index (χ2n) is 7.13. The molecule has 0 atom stereocenters. The summed E-state index contributed by atoms with van der Waals surface area (Å²) in [7, 11) is 3.47. The Morgan fingerprint density at radius 3 is 2.72 bits per heavy atom. The third kappa shape index (κ3) is 4.71. The van der Waals surface area contributed by atoms with E-state index in [9.17, 15) is 5.11 Å². The molecule has 1 spiro atoms. The van der Waals surface area contributed by atoms with Crippen molar-refractivity contribution in [2.75, 3.05) is 27.2 Å². The predicted molar refractivity (Wildman–Crippen MR) is 112 cm³/mol. The fourth-order valence-electron chi connectivity index (χ4n) is 4.16. The molecule has 2 fully saturated rings. The number of nitrogens with zero attached hydrogens (tertiary/aromatic N) is 2. The zero-order valence-corrected chi connectivity index (χ0v) is 17.6. The zero-order valence-electron chi connectivity index (χ0n) is 15.3. The molecule has 25 heavy (non-hydrogen) atoms. The second-order valence-corrected chi connectivity index (χ2v) is 7.13. The number of ether oxygens (including phenoxy) is 1. The SMILES string of the molecule is CN=C(NCc1cc(OC)ccc1O)N1CCC2(CCCCC2)C1.I. The molecule has 3 rings (SSSR count). The van der Waals surface area contributed by atoms with Gasteiger partial charge in [-0.3, -0.25) is 4.99 Å². The average Bonchev–Trinajstić information content (AvgIpc) is 3.01. The van der Waals surface area contributed by atoms with Crippen LogP contribution in [0, 0.1) is 5.41 Å². The first kappa shape index (κ1) is 20.1. The molecule has 0 aromatic heterocycles. The third-order valence-corrected chi connectivity index (χ3v) is 5.59. The molecule has 1 aliphatic carbocycles. The quantitative estimate of drug-likeness (QED) is 0.411. The molecule has 140 valence electrons. The van der Waals surface area contributed by atoms with E-state index >= 15 is 0 Å². The Kier molecular flexibility index (Phi) is 7.22. The van der Waals surface area contributed by atoms with Crippen LogP contribution in [0.15, 0.2) is 23.2 Å². The summed E-state index contributed by atoms with van der Waals surface area (Å²) in [4.78, 5) is 6.83. The molecule has 1 saturated carbocycles. The van der Waals surface area contributed by atoms with Crippen molar-refractivity contribution in [3.63, 3.8) is 0 Å². The Labute approximate surface area is 167 Å². The van der Waals surface area contributed by atoms with E-state index in [4.69, 9.17) is 4.74 Å². The van der Waals surface area contributed by atoms with Crippen LogP contribution in [0.1, 0.15) is 44.1 Å². The normalized spacial score (nSPS) is 19.6. The highest BCUT2D eigenvalue weighted by molar-refractivity contribution is 14.0. The molecule has 6 heteroatoms. The van der Waals surface area contributed by atoms with Gasteiger partial charge in [-0.05, 0) is 42.9 Å². The van der Waals surface area contributed by atoms with Crippen molar-refractivity contribution in [2.45, 2.75) is 45.1 Å². The van der Waals surface area contributed by atoms with Crippen LogP contribution in [0.5, 0.6) is 11.5 Å². The molecule has 1 aliphatic heterocycles. The van der Waals surface area contributed by atoms with Crippen LogP contribution in [0.2, 0.25) is 0 Å². The summed E-state index contributed by atoms with van der Waals surface area (Å²) in [6, 6.07) is 5.30. The van der Waals surface area contributed by atoms with Gasteiger partial charge >= 0.3 is 0 Å². The van der Waals surface area contributed by atoms with E-state index in [0.29, 0.717) is 12.0 Å². The van der Waals surface area contributed by atoms with E-state index in [1.807, 2.05) is 13.1 Å². The summed E-state index contributed by atoms with van der Waals surface area (Å²) in [5.41, 5.74) is 1.33. The smallest absolute Gasteiger partial charge is 0.193 e. The Morgan fingerprint density at radius 1 is 1.28 bits per heavy atom. The number of hydrogen-bond donors (Lipinski definition) is 2. The van der Waals surface area contributed by atoms with Crippen LogP contribution < -0.4 is 10.1 Å². The van der Waals surface area contributed by atoms with Crippen LogP contribution in [-0.4, -0.2) is 43.2 Å². The highest BCUT2D eigenvalue weighted by Gasteiger charge is 2.39. The van der Waals surface area contributed by atoms with E-state index in [1.165, 1.54) is 38.5 Å². The predicted octanol–water partition coefficient (Wildman–Crippen LogP) is 3.75. The molecular formula is C19H30IN3O2. The number of methoxy groups -OCH3 is 1. The van der Waals surface area contributed by atoms with Gasteiger partial charge in [0, 0.05) is 32.2 Å². The number of aromatic hydroxyl groups is 1. The third-order valence-electron chi connectivity index (χ3n) is 5.59. The summed E-state index contributed by atoms with van der Waals surface area (Å²) < 4.78 is 5.24. The highest BCUT2D eigenvalue weighted by Crippen LogP contribution is 2.43. The molecule has 0 unspecified atom stereocenters. The van der Waals surface area contributed by atoms with Crippen LogP contribution in [0.4, 0.5) is 0 Å². The van der Waals surface area contributed by atoms with E-state index < -0.39 is 0 Å². The van der Waals surface area contributed by atoms with Gasteiger partial charge in [0.05, 0.1) is 7.11 Å². The number of rotatable bonds is 3. The maximum Gasteiger partial charge on any atom is 0.193 e. The van der Waals surface area contributed by atoms with E-state index in [1.54, 1.807) is 19.2 Å². The van der Waals surface area contributed by atoms with Crippen molar-refractivity contribution in [3.05, 3.63) is 23.8 Å². The minimum Gasteiger partial charge on any atom is -0.508 e. The molecule has 1 heterocycles. The van der Waals surface area contributed by atoms with Gasteiger partial charge in [-0.25, -0.2) is 0 Å². The largest absolute Gasteiger partial charge is 0.508 e. The fraction of sp³-hybridized carbons (Fsp3) is 0.632. The number of halogens is 1. The minimum atomic E-state index is 0. The van der Waals surface area contributed by atoms with Gasteiger partial charge in [-0.15, -0.1) is 24.0 Å². The molecule has 0 radical (unpaired) electrons. The van der Waals surface area contributed by atoms with Crippen molar-refractivity contribution in [1.82, 2.24) is 10.2 Å². The van der Waals surface area contributed by atoms with Gasteiger partial charge in [-0.2, -0.15) is 0 Å². The van der Waals surface area contributed by atoms with Gasteiger partial charge in [0.1, 0.15) is 11.5 Å². The van der Waals surface area contributed by atoms with Crippen LogP contribution in [0.25, 0.3) is 0 Å². The Bertz CT molecular complexity index is 600. The average molecular weight is 459 g/mol. The van der Waals surface area contributed by atoms with Gasteiger partial charge in [0.2, 0.25) is 0 Å². The summed E-state index contributed by atoms with van der Waals surface area (Å²) in [6.07, 6.45) is 8.13. The Hall–Kier alpha value is -1.18. The summed E-state index contributed by atoms with van der Waals surface area (Å²) in [5, 5.41) is 13.4. The van der Waals surface area contributed by atoms with Crippen molar-refractivity contribution >= 4 is 29.9 Å². The van der Waals surface area contributed by atoms with Crippen molar-refractivity contribution < 1.29 is 9.84 Å². The lowest BCUT2D eigenvalue weighted by Gasteiger charge is -2.33. The molecule has 5 nitrogen and oxygen atoms in total. The number of nitrogens with one attached hydrogen (secondary N) is 1. The molecule has 0 amide bonds. The highest BCUT2D eigenvalue weighted by atomic mass is 127. The van der Waals surface area contributed by atoms with E-state index in [2.05, 4.69) is 15.2 Å². The van der Waals surface area contributed by atoms with Gasteiger partial charge < -0.3 is 20.1 Å². The topological polar surface area (TPSA) is 57.1 Å². The summed E-state index contributed by atoms with van der Waals surface area (Å²) in [5.74, 6) is 1.96. The van der Waals surface area contributed by atoms with Crippen molar-refractivity contribution in [3.8, 4) is 11.5 Å².